The molecule has 0 atom stereocenters. The Morgan fingerprint density at radius 3 is 1.39 bits per heavy atom. The monoisotopic (exact) mass is 260 g/mol. The molecule has 0 aromatic carbocycles. The van der Waals surface area contributed by atoms with Crippen LogP contribution in [0.5, 0.6) is 0 Å². The third-order valence-electron chi connectivity index (χ3n) is 2.37. The predicted molar refractivity (Wildman–Crippen MR) is 74.0 cm³/mol. The second-order valence-corrected chi connectivity index (χ2v) is 4.14. The Morgan fingerprint density at radius 1 is 0.833 bits per heavy atom. The summed E-state index contributed by atoms with van der Waals surface area (Å²) in [5.41, 5.74) is 13.8. The van der Waals surface area contributed by atoms with Gasteiger partial charge < -0.3 is 22.1 Å². The average molecular weight is 260 g/mol. The summed E-state index contributed by atoms with van der Waals surface area (Å²) in [4.78, 5) is 21.8. The van der Waals surface area contributed by atoms with Crippen molar-refractivity contribution in [2.75, 3.05) is 13.1 Å². The lowest BCUT2D eigenvalue weighted by atomic mass is 10.2. The van der Waals surface area contributed by atoms with Crippen LogP contribution in [0, 0.1) is 0 Å². The maximum atomic E-state index is 11.0. The van der Waals surface area contributed by atoms with Gasteiger partial charge in [0, 0.05) is 13.1 Å². The van der Waals surface area contributed by atoms with E-state index in [1.165, 1.54) is 25.7 Å². The van der Waals surface area contributed by atoms with E-state index in [0.29, 0.717) is 0 Å². The maximum absolute atomic E-state index is 11.0. The van der Waals surface area contributed by atoms with Gasteiger partial charge in [0.25, 0.3) is 0 Å². The van der Waals surface area contributed by atoms with Gasteiger partial charge in [0.2, 0.25) is 0 Å². The molecule has 0 rings (SSSR count). The molecule has 18 heavy (non-hydrogen) atoms. The summed E-state index contributed by atoms with van der Waals surface area (Å²) in [6.07, 6.45) is 6.87. The Kier molecular flexibility index (Phi) is 14.3. The van der Waals surface area contributed by atoms with Crippen molar-refractivity contribution < 1.29 is 9.59 Å². The molecule has 0 unspecified atom stereocenters. The largest absolute Gasteiger partial charge is 0.352 e. The van der Waals surface area contributed by atoms with Gasteiger partial charge in [0.1, 0.15) is 0 Å². The minimum absolute atomic E-state index is 0.266. The summed E-state index contributed by atoms with van der Waals surface area (Å²) in [6, 6.07) is -1.10. The molecule has 6 nitrogen and oxygen atoms in total. The van der Waals surface area contributed by atoms with Gasteiger partial charge in [-0.05, 0) is 12.8 Å². The van der Waals surface area contributed by atoms with E-state index in [0.717, 1.165) is 25.9 Å². The van der Waals surface area contributed by atoms with Crippen LogP contribution in [0.15, 0.2) is 0 Å². The molecule has 0 heterocycles. The van der Waals surface area contributed by atoms with Crippen molar-refractivity contribution in [1.82, 2.24) is 4.90 Å². The highest BCUT2D eigenvalue weighted by Crippen LogP contribution is 2.02. The summed E-state index contributed by atoms with van der Waals surface area (Å²) >= 11 is 0. The second kappa shape index (κ2) is 13.6. The molecule has 0 spiro atoms. The molecule has 0 radical (unpaired) electrons. The van der Waals surface area contributed by atoms with Crippen LogP contribution >= 0.6 is 0 Å². The van der Waals surface area contributed by atoms with E-state index >= 15 is 0 Å². The zero-order valence-corrected chi connectivity index (χ0v) is 11.7. The minimum Gasteiger partial charge on any atom is -0.352 e. The molecule has 6 heteroatoms. The molecule has 0 saturated carbocycles. The van der Waals surface area contributed by atoms with Gasteiger partial charge in [0.05, 0.1) is 0 Å². The summed E-state index contributed by atoms with van der Waals surface area (Å²) in [7, 11) is 0. The standard InChI is InChI=1S/C11H24N2O.CH4N2O/c1-3-5-7-9-13(11(12)14)10-8-6-4-2;2-1(3)4/h3-10H2,1-2H3,(H2,12,14);(H4,2,3,4). The number of carbonyl (C=O) groups is 2. The highest BCUT2D eigenvalue weighted by atomic mass is 16.2. The van der Waals surface area contributed by atoms with Crippen LogP contribution in [0.4, 0.5) is 9.59 Å². The zero-order chi connectivity index (χ0) is 14.4. The fraction of sp³-hybridized carbons (Fsp3) is 0.833. The van der Waals surface area contributed by atoms with E-state index in [2.05, 4.69) is 25.3 Å². The first-order valence-corrected chi connectivity index (χ1v) is 6.54. The molecule has 0 aliphatic rings. The van der Waals surface area contributed by atoms with Gasteiger partial charge in [-0.25, -0.2) is 9.59 Å². The predicted octanol–water partition coefficient (Wildman–Crippen LogP) is 1.77. The van der Waals surface area contributed by atoms with Crippen molar-refractivity contribution in [3.63, 3.8) is 0 Å². The summed E-state index contributed by atoms with van der Waals surface area (Å²) in [6.45, 7) is 5.97. The minimum atomic E-state index is -0.833. The van der Waals surface area contributed by atoms with E-state index in [-0.39, 0.29) is 6.03 Å². The highest BCUT2D eigenvalue weighted by molar-refractivity contribution is 5.71. The van der Waals surface area contributed by atoms with Gasteiger partial charge in [-0.2, -0.15) is 0 Å². The van der Waals surface area contributed by atoms with Gasteiger partial charge in [0.15, 0.2) is 0 Å². The van der Waals surface area contributed by atoms with Crippen LogP contribution in [-0.2, 0) is 0 Å². The van der Waals surface area contributed by atoms with E-state index in [9.17, 15) is 4.79 Å². The van der Waals surface area contributed by atoms with Gasteiger partial charge in [-0.15, -0.1) is 0 Å². The lowest BCUT2D eigenvalue weighted by molar-refractivity contribution is 0.205. The molecule has 6 N–H and O–H groups in total. The number of primary amides is 3. The third-order valence-corrected chi connectivity index (χ3v) is 2.37. The third kappa shape index (κ3) is 17.0. The van der Waals surface area contributed by atoms with Crippen LogP contribution in [0.1, 0.15) is 52.4 Å². The second-order valence-electron chi connectivity index (χ2n) is 4.14. The lowest BCUT2D eigenvalue weighted by Gasteiger charge is -2.19. The maximum Gasteiger partial charge on any atom is 0.314 e. The SMILES string of the molecule is CCCCCN(CCCCC)C(N)=O.NC(N)=O. The van der Waals surface area contributed by atoms with Crippen molar-refractivity contribution >= 4 is 12.1 Å². The first-order valence-electron chi connectivity index (χ1n) is 6.54. The number of unbranched alkanes of at least 4 members (excludes halogenated alkanes) is 4. The van der Waals surface area contributed by atoms with Crippen molar-refractivity contribution in [2.45, 2.75) is 52.4 Å². The summed E-state index contributed by atoms with van der Waals surface area (Å²) in [5, 5.41) is 0. The van der Waals surface area contributed by atoms with Crippen molar-refractivity contribution in [1.29, 1.82) is 0 Å². The summed E-state index contributed by atoms with van der Waals surface area (Å²) in [5.74, 6) is 0. The molecule has 0 saturated heterocycles. The smallest absolute Gasteiger partial charge is 0.314 e. The molecule has 0 aliphatic carbocycles. The van der Waals surface area contributed by atoms with Gasteiger partial charge in [-0.1, -0.05) is 39.5 Å². The van der Waals surface area contributed by atoms with Gasteiger partial charge in [-0.3, -0.25) is 0 Å². The molecule has 0 aromatic heterocycles. The molecule has 0 bridgehead atoms. The Morgan fingerprint density at radius 2 is 1.17 bits per heavy atom. The normalized spacial score (nSPS) is 9.22. The van der Waals surface area contributed by atoms with Crippen molar-refractivity contribution in [3.8, 4) is 0 Å². The lowest BCUT2D eigenvalue weighted by Crippen LogP contribution is -2.37. The first-order chi connectivity index (χ1) is 8.45. The Balaban J connectivity index is 0. The molecule has 0 fully saturated rings. The van der Waals surface area contributed by atoms with E-state index in [1.54, 1.807) is 4.90 Å². The van der Waals surface area contributed by atoms with Crippen molar-refractivity contribution in [2.24, 2.45) is 17.2 Å². The number of nitrogens with two attached hydrogens (primary N) is 3. The number of urea groups is 2. The summed E-state index contributed by atoms with van der Waals surface area (Å²) < 4.78 is 0. The van der Waals surface area contributed by atoms with Crippen LogP contribution in [0.3, 0.4) is 0 Å². The molecule has 0 aromatic rings. The average Bonchev–Trinajstić information content (AvgIpc) is 2.26. The molecular formula is C12H28N4O2. The number of nitrogens with zero attached hydrogens (tertiary/aromatic N) is 1. The number of hydrogen-bond donors (Lipinski definition) is 3. The zero-order valence-electron chi connectivity index (χ0n) is 11.7. The Labute approximate surface area is 110 Å². The van der Waals surface area contributed by atoms with Crippen LogP contribution in [0.25, 0.3) is 0 Å². The number of carbonyl (C=O) groups excluding carboxylic acids is 2. The first kappa shape index (κ1) is 18.9. The van der Waals surface area contributed by atoms with E-state index < -0.39 is 6.03 Å². The molecule has 4 amide bonds. The Hall–Kier alpha value is -1.46. The topological polar surface area (TPSA) is 115 Å². The molecule has 0 aliphatic heterocycles. The van der Waals surface area contributed by atoms with Crippen molar-refractivity contribution in [3.05, 3.63) is 0 Å². The number of hydrogen-bond acceptors (Lipinski definition) is 2. The van der Waals surface area contributed by atoms with Crippen LogP contribution in [-0.4, -0.2) is 30.1 Å². The molecular weight excluding hydrogens is 232 g/mol. The fourth-order valence-corrected chi connectivity index (χ4v) is 1.44. The number of amides is 4. The highest BCUT2D eigenvalue weighted by Gasteiger charge is 2.07. The van der Waals surface area contributed by atoms with E-state index in [4.69, 9.17) is 10.5 Å². The molecule has 108 valence electrons. The van der Waals surface area contributed by atoms with Gasteiger partial charge >= 0.3 is 12.1 Å². The van der Waals surface area contributed by atoms with Crippen LogP contribution in [0.2, 0.25) is 0 Å². The van der Waals surface area contributed by atoms with Crippen LogP contribution < -0.4 is 17.2 Å². The Bertz CT molecular complexity index is 208. The van der Waals surface area contributed by atoms with E-state index in [1.807, 2.05) is 0 Å². The fourth-order valence-electron chi connectivity index (χ4n) is 1.44. The number of rotatable bonds is 8. The quantitative estimate of drug-likeness (QED) is 0.577.